The molecule has 5 heteroatoms. The Kier molecular flexibility index (Phi) is 35.2. The third-order valence-electron chi connectivity index (χ3n) is 0.372. The molecular formula is C2H8B3PRh. The van der Waals surface area contributed by atoms with Gasteiger partial charge >= 0.3 is 0 Å². The maximum Gasteiger partial charge on any atom is 0.0541 e. The zero-order valence-corrected chi connectivity index (χ0v) is 7.53. The van der Waals surface area contributed by atoms with Gasteiger partial charge in [0.15, 0.2) is 0 Å². The molecule has 0 aliphatic heterocycles. The fourth-order valence-electron chi connectivity index (χ4n) is 0.136. The fourth-order valence-corrected chi connectivity index (χ4v) is 0.136. The first-order valence-electron chi connectivity index (χ1n) is 1.78. The summed E-state index contributed by atoms with van der Waals surface area (Å²) < 4.78 is 0. The Morgan fingerprint density at radius 3 is 2.00 bits per heavy atom. The van der Waals surface area contributed by atoms with E-state index in [4.69, 9.17) is 7.74 Å². The van der Waals surface area contributed by atoms with Crippen LogP contribution in [-0.2, 0) is 19.5 Å². The molecular weight excluding hydrogens is 190 g/mol. The molecule has 1 atom stereocenters. The first kappa shape index (κ1) is 15.7. The van der Waals surface area contributed by atoms with Crippen molar-refractivity contribution in [3.63, 3.8) is 0 Å². The van der Waals surface area contributed by atoms with Crippen LogP contribution in [-0.4, -0.2) is 22.0 Å². The normalized spacial score (nSPS) is 4.71. The Morgan fingerprint density at radius 1 is 1.57 bits per heavy atom. The molecule has 7 heavy (non-hydrogen) atoms. The monoisotopic (exact) mass is 199 g/mol. The van der Waals surface area contributed by atoms with Crippen LogP contribution in [0.1, 0.15) is 6.92 Å². The first-order chi connectivity index (χ1) is 2.41. The van der Waals surface area contributed by atoms with E-state index in [1.807, 2.05) is 14.1 Å². The van der Waals surface area contributed by atoms with E-state index in [9.17, 15) is 0 Å². The molecule has 0 spiro atoms. The van der Waals surface area contributed by atoms with E-state index in [1.165, 1.54) is 0 Å². The van der Waals surface area contributed by atoms with Crippen molar-refractivity contribution in [1.29, 1.82) is 0 Å². The van der Waals surface area contributed by atoms with E-state index >= 15 is 0 Å². The van der Waals surface area contributed by atoms with E-state index < -0.39 is 0 Å². The molecule has 0 saturated carbocycles. The molecule has 1 unspecified atom stereocenters. The van der Waals surface area contributed by atoms with Crippen molar-refractivity contribution >= 4 is 31.9 Å². The Hall–Kier alpha value is 1.25. The van der Waals surface area contributed by atoms with E-state index in [0.717, 1.165) is 6.32 Å². The van der Waals surface area contributed by atoms with Crippen molar-refractivity contribution < 1.29 is 19.5 Å². The number of rotatable bonds is 2. The SMILES string of the molecule is P.[B][B][B]CC.[Rh]. The van der Waals surface area contributed by atoms with Gasteiger partial charge in [-0.15, -0.1) is 0 Å². The third-order valence-corrected chi connectivity index (χ3v) is 0.372. The molecule has 0 N–H and O–H groups in total. The molecule has 0 aromatic heterocycles. The Morgan fingerprint density at radius 2 is 2.00 bits per heavy atom. The summed E-state index contributed by atoms with van der Waals surface area (Å²) in [5.41, 5.74) is 0. The van der Waals surface area contributed by atoms with Gasteiger partial charge in [-0.25, -0.2) is 0 Å². The van der Waals surface area contributed by atoms with Gasteiger partial charge in [0.05, 0.1) is 7.17 Å². The predicted molar refractivity (Wildman–Crippen MR) is 38.8 cm³/mol. The molecule has 0 bridgehead atoms. The van der Waals surface area contributed by atoms with Crippen LogP contribution in [0.5, 0.6) is 0 Å². The van der Waals surface area contributed by atoms with E-state index in [1.54, 1.807) is 7.06 Å². The standard InChI is InChI=1S/C2H5B3.H3P.Rh/c1-2-4-5-3;;/h2H2,1H3;1H3;. The first-order valence-corrected chi connectivity index (χ1v) is 1.78. The van der Waals surface area contributed by atoms with E-state index in [0.29, 0.717) is 0 Å². The zero-order valence-electron chi connectivity index (χ0n) is 4.48. The summed E-state index contributed by atoms with van der Waals surface area (Å²) in [4.78, 5) is 0. The summed E-state index contributed by atoms with van der Waals surface area (Å²) >= 11 is 0. The fraction of sp³-hybridized carbons (Fsp3) is 1.00. The smallest absolute Gasteiger partial charge is 0.0541 e. The third kappa shape index (κ3) is 18.9. The van der Waals surface area contributed by atoms with Crippen LogP contribution < -0.4 is 0 Å². The molecule has 0 amide bonds. The van der Waals surface area contributed by atoms with Crippen LogP contribution in [0.15, 0.2) is 0 Å². The van der Waals surface area contributed by atoms with Crippen LogP contribution in [0, 0.1) is 0 Å². The van der Waals surface area contributed by atoms with Gasteiger partial charge in [0, 0.05) is 34.3 Å². The minimum Gasteiger partial charge on any atom is -0.153 e. The molecule has 0 aliphatic carbocycles. The van der Waals surface area contributed by atoms with Crippen LogP contribution in [0.3, 0.4) is 0 Å². The molecule has 0 saturated heterocycles. The number of hydrogen-bond acceptors (Lipinski definition) is 0. The average Bonchev–Trinajstić information content (AvgIpc) is 1.41. The molecule has 0 rings (SSSR count). The molecule has 0 aliphatic rings. The summed E-state index contributed by atoms with van der Waals surface area (Å²) in [5, 5.41) is 0. The minimum absolute atomic E-state index is 0. The number of hydrogen-bond donors (Lipinski definition) is 0. The Labute approximate surface area is 64.8 Å². The minimum atomic E-state index is 0. The van der Waals surface area contributed by atoms with Crippen LogP contribution >= 0.6 is 9.90 Å². The maximum atomic E-state index is 4.96. The van der Waals surface area contributed by atoms with E-state index in [-0.39, 0.29) is 29.4 Å². The van der Waals surface area contributed by atoms with Gasteiger partial charge in [-0.05, 0) is 0 Å². The van der Waals surface area contributed by atoms with Crippen molar-refractivity contribution in [2.75, 3.05) is 0 Å². The molecule has 0 fully saturated rings. The predicted octanol–water partition coefficient (Wildman–Crippen LogP) is -0.113. The molecule has 5 radical (unpaired) electrons. The van der Waals surface area contributed by atoms with Crippen molar-refractivity contribution in [3.8, 4) is 0 Å². The second kappa shape index (κ2) is 15.7. The Bertz CT molecular complexity index is 20.4. The van der Waals surface area contributed by atoms with Gasteiger partial charge in [0.1, 0.15) is 0 Å². The second-order valence-electron chi connectivity index (χ2n) is 0.836. The summed E-state index contributed by atoms with van der Waals surface area (Å²) in [5.74, 6) is 0. The van der Waals surface area contributed by atoms with Crippen molar-refractivity contribution in [2.45, 2.75) is 13.2 Å². The van der Waals surface area contributed by atoms with Gasteiger partial charge in [-0.2, -0.15) is 9.90 Å². The summed E-state index contributed by atoms with van der Waals surface area (Å²) in [6.07, 6.45) is 1.04. The van der Waals surface area contributed by atoms with Crippen molar-refractivity contribution in [3.05, 3.63) is 0 Å². The van der Waals surface area contributed by atoms with Crippen molar-refractivity contribution in [1.82, 2.24) is 0 Å². The summed E-state index contributed by atoms with van der Waals surface area (Å²) in [7, 11) is 8.42. The second-order valence-corrected chi connectivity index (χ2v) is 0.836. The van der Waals surface area contributed by atoms with Crippen LogP contribution in [0.4, 0.5) is 0 Å². The van der Waals surface area contributed by atoms with E-state index in [2.05, 4.69) is 0 Å². The van der Waals surface area contributed by atoms with Crippen LogP contribution in [0.2, 0.25) is 6.32 Å². The quantitative estimate of drug-likeness (QED) is 0.429. The molecule has 0 nitrogen and oxygen atoms in total. The zero-order chi connectivity index (χ0) is 4.12. The van der Waals surface area contributed by atoms with Gasteiger partial charge in [-0.3, -0.25) is 0 Å². The van der Waals surface area contributed by atoms with Gasteiger partial charge in [-0.1, -0.05) is 13.2 Å². The summed E-state index contributed by atoms with van der Waals surface area (Å²) in [6, 6.07) is 0. The largest absolute Gasteiger partial charge is 0.153 e. The van der Waals surface area contributed by atoms with Gasteiger partial charge in [0.25, 0.3) is 0 Å². The van der Waals surface area contributed by atoms with Crippen molar-refractivity contribution in [2.24, 2.45) is 0 Å². The van der Waals surface area contributed by atoms with Crippen LogP contribution in [0.25, 0.3) is 0 Å². The van der Waals surface area contributed by atoms with Gasteiger partial charge < -0.3 is 0 Å². The van der Waals surface area contributed by atoms with Gasteiger partial charge in [0.2, 0.25) is 0 Å². The molecule has 0 heterocycles. The molecule has 39 valence electrons. The maximum absolute atomic E-state index is 4.96. The average molecular weight is 198 g/mol. The topological polar surface area (TPSA) is 0 Å². The Balaban J connectivity index is -0.0000000800. The molecule has 0 aromatic carbocycles. The summed E-state index contributed by atoms with van der Waals surface area (Å²) in [6.45, 7) is 2.04. The molecule has 0 aromatic rings.